The molecule has 1 aliphatic rings. The van der Waals surface area contributed by atoms with Crippen molar-refractivity contribution in [3.63, 3.8) is 0 Å². The van der Waals surface area contributed by atoms with E-state index in [2.05, 4.69) is 22.8 Å². The summed E-state index contributed by atoms with van der Waals surface area (Å²) >= 11 is 4.20. The zero-order valence-corrected chi connectivity index (χ0v) is 11.5. The normalized spacial score (nSPS) is 17.7. The molecule has 0 spiro atoms. The Bertz CT molecular complexity index is 451. The lowest BCUT2D eigenvalue weighted by Crippen LogP contribution is -2.34. The molecule has 1 aliphatic heterocycles. The number of carbonyl (C=O) groups is 1. The number of amides is 1. The van der Waals surface area contributed by atoms with Crippen LogP contribution in [-0.4, -0.2) is 31.4 Å². The van der Waals surface area contributed by atoms with E-state index in [1.165, 1.54) is 0 Å². The van der Waals surface area contributed by atoms with E-state index in [-0.39, 0.29) is 5.91 Å². The average molecular weight is 266 g/mol. The van der Waals surface area contributed by atoms with Crippen LogP contribution in [0.1, 0.15) is 13.3 Å². The first-order chi connectivity index (χ1) is 8.61. The maximum atomic E-state index is 11.6. The van der Waals surface area contributed by atoms with Gasteiger partial charge in [-0.25, -0.2) is 0 Å². The van der Waals surface area contributed by atoms with Gasteiger partial charge in [0.25, 0.3) is 5.91 Å². The van der Waals surface area contributed by atoms with Crippen LogP contribution in [0.25, 0.3) is 0 Å². The van der Waals surface area contributed by atoms with Crippen LogP contribution in [0.5, 0.6) is 5.75 Å². The fourth-order valence-corrected chi connectivity index (χ4v) is 2.01. The molecular weight excluding hydrogens is 248 g/mol. The third-order valence-corrected chi connectivity index (χ3v) is 3.30. The summed E-state index contributed by atoms with van der Waals surface area (Å²) in [5, 5.41) is 2.86. The van der Waals surface area contributed by atoms with E-state index in [1.54, 1.807) is 6.92 Å². The SMILES string of the molecule is CC1Oc2ccc(N(C)CCCS)cc2NC1=O. The number of thiol groups is 1. The maximum absolute atomic E-state index is 11.6. The Morgan fingerprint density at radius 3 is 3.00 bits per heavy atom. The van der Waals surface area contributed by atoms with E-state index >= 15 is 0 Å². The third kappa shape index (κ3) is 2.72. The summed E-state index contributed by atoms with van der Waals surface area (Å²) in [7, 11) is 2.03. The number of carbonyl (C=O) groups excluding carboxylic acids is 1. The van der Waals surface area contributed by atoms with Gasteiger partial charge in [-0.05, 0) is 37.3 Å². The number of anilines is 2. The quantitative estimate of drug-likeness (QED) is 0.821. The lowest BCUT2D eigenvalue weighted by molar-refractivity contribution is -0.122. The molecule has 1 aromatic rings. The summed E-state index contributed by atoms with van der Waals surface area (Å²) in [6.07, 6.45) is 0.599. The number of nitrogens with zero attached hydrogens (tertiary/aromatic N) is 1. The molecule has 4 nitrogen and oxygen atoms in total. The second-order valence-electron chi connectivity index (χ2n) is 4.43. The summed E-state index contributed by atoms with van der Waals surface area (Å²) in [4.78, 5) is 13.7. The predicted molar refractivity (Wildman–Crippen MR) is 76.9 cm³/mol. The number of nitrogens with one attached hydrogen (secondary N) is 1. The van der Waals surface area contributed by atoms with Crippen molar-refractivity contribution >= 4 is 29.9 Å². The molecular formula is C13H18N2O2S. The van der Waals surface area contributed by atoms with Crippen LogP contribution in [0.4, 0.5) is 11.4 Å². The standard InChI is InChI=1S/C13H18N2O2S/c1-9-13(16)14-11-8-10(4-5-12(11)17-9)15(2)6-3-7-18/h4-5,8-9,18H,3,6-7H2,1-2H3,(H,14,16). The van der Waals surface area contributed by atoms with Crippen molar-refractivity contribution < 1.29 is 9.53 Å². The highest BCUT2D eigenvalue weighted by molar-refractivity contribution is 7.80. The molecule has 0 saturated heterocycles. The summed E-state index contributed by atoms with van der Waals surface area (Å²) < 4.78 is 5.52. The monoisotopic (exact) mass is 266 g/mol. The van der Waals surface area contributed by atoms with Crippen LogP contribution < -0.4 is 15.0 Å². The van der Waals surface area contributed by atoms with Gasteiger partial charge in [-0.3, -0.25) is 4.79 Å². The number of hydrogen-bond acceptors (Lipinski definition) is 4. The van der Waals surface area contributed by atoms with Crippen molar-refractivity contribution in [2.45, 2.75) is 19.4 Å². The van der Waals surface area contributed by atoms with Crippen LogP contribution in [0, 0.1) is 0 Å². The number of benzene rings is 1. The van der Waals surface area contributed by atoms with E-state index < -0.39 is 6.10 Å². The topological polar surface area (TPSA) is 41.6 Å². The van der Waals surface area contributed by atoms with Gasteiger partial charge >= 0.3 is 0 Å². The zero-order valence-electron chi connectivity index (χ0n) is 10.6. The smallest absolute Gasteiger partial charge is 0.265 e. The van der Waals surface area contributed by atoms with E-state index in [0.717, 1.165) is 35.8 Å². The van der Waals surface area contributed by atoms with Gasteiger partial charge in [0.1, 0.15) is 5.75 Å². The summed E-state index contributed by atoms with van der Waals surface area (Å²) in [5.41, 5.74) is 1.81. The first-order valence-electron chi connectivity index (χ1n) is 6.05. The molecule has 1 amide bonds. The number of fused-ring (bicyclic) bond motifs is 1. The van der Waals surface area contributed by atoms with Crippen molar-refractivity contribution in [3.8, 4) is 5.75 Å². The van der Waals surface area contributed by atoms with Crippen LogP contribution in [0.3, 0.4) is 0 Å². The Balaban J connectivity index is 2.17. The molecule has 0 aliphatic carbocycles. The Kier molecular flexibility index (Phi) is 4.01. The molecule has 98 valence electrons. The molecule has 0 saturated carbocycles. The number of hydrogen-bond donors (Lipinski definition) is 2. The van der Waals surface area contributed by atoms with Gasteiger partial charge in [0.05, 0.1) is 5.69 Å². The summed E-state index contributed by atoms with van der Waals surface area (Å²) in [6.45, 7) is 2.68. The van der Waals surface area contributed by atoms with Gasteiger partial charge in [0.2, 0.25) is 0 Å². The molecule has 0 bridgehead atoms. The highest BCUT2D eigenvalue weighted by Gasteiger charge is 2.23. The van der Waals surface area contributed by atoms with Crippen molar-refractivity contribution in [1.29, 1.82) is 0 Å². The van der Waals surface area contributed by atoms with Crippen molar-refractivity contribution in [2.75, 3.05) is 29.6 Å². The minimum Gasteiger partial charge on any atom is -0.479 e. The average Bonchev–Trinajstić information content (AvgIpc) is 2.36. The fraction of sp³-hybridized carbons (Fsp3) is 0.462. The molecule has 1 heterocycles. The second kappa shape index (κ2) is 5.52. The van der Waals surface area contributed by atoms with Crippen molar-refractivity contribution in [1.82, 2.24) is 0 Å². The highest BCUT2D eigenvalue weighted by atomic mass is 32.1. The van der Waals surface area contributed by atoms with E-state index in [1.807, 2.05) is 25.2 Å². The molecule has 0 fully saturated rings. The van der Waals surface area contributed by atoms with Gasteiger partial charge in [0, 0.05) is 19.3 Å². The van der Waals surface area contributed by atoms with Gasteiger partial charge < -0.3 is 15.0 Å². The second-order valence-corrected chi connectivity index (χ2v) is 4.88. The number of ether oxygens (including phenoxy) is 1. The molecule has 1 atom stereocenters. The Labute approximate surface area is 113 Å². The maximum Gasteiger partial charge on any atom is 0.265 e. The van der Waals surface area contributed by atoms with Crippen LogP contribution in [-0.2, 0) is 4.79 Å². The van der Waals surface area contributed by atoms with Crippen LogP contribution in [0.15, 0.2) is 18.2 Å². The van der Waals surface area contributed by atoms with Crippen LogP contribution >= 0.6 is 12.6 Å². The zero-order chi connectivity index (χ0) is 13.1. The predicted octanol–water partition coefficient (Wildman–Crippen LogP) is 2.16. The fourth-order valence-electron chi connectivity index (χ4n) is 1.87. The molecule has 1 N–H and O–H groups in total. The Morgan fingerprint density at radius 2 is 2.28 bits per heavy atom. The van der Waals surface area contributed by atoms with E-state index in [4.69, 9.17) is 4.74 Å². The van der Waals surface area contributed by atoms with Gasteiger partial charge in [-0.1, -0.05) is 0 Å². The largest absolute Gasteiger partial charge is 0.479 e. The lowest BCUT2D eigenvalue weighted by atomic mass is 10.2. The van der Waals surface area contributed by atoms with E-state index in [9.17, 15) is 4.79 Å². The van der Waals surface area contributed by atoms with Gasteiger partial charge in [-0.2, -0.15) is 12.6 Å². The minimum absolute atomic E-state index is 0.0994. The molecule has 18 heavy (non-hydrogen) atoms. The van der Waals surface area contributed by atoms with Crippen molar-refractivity contribution in [2.24, 2.45) is 0 Å². The number of rotatable bonds is 4. The summed E-state index contributed by atoms with van der Waals surface area (Å²) in [5.74, 6) is 1.50. The van der Waals surface area contributed by atoms with Crippen molar-refractivity contribution in [3.05, 3.63) is 18.2 Å². The molecule has 1 aromatic carbocycles. The third-order valence-electron chi connectivity index (χ3n) is 2.99. The lowest BCUT2D eigenvalue weighted by Gasteiger charge is -2.26. The van der Waals surface area contributed by atoms with Crippen LogP contribution in [0.2, 0.25) is 0 Å². The molecule has 0 aromatic heterocycles. The molecule has 0 radical (unpaired) electrons. The Morgan fingerprint density at radius 1 is 1.50 bits per heavy atom. The van der Waals surface area contributed by atoms with Gasteiger partial charge in [-0.15, -0.1) is 0 Å². The minimum atomic E-state index is -0.426. The van der Waals surface area contributed by atoms with E-state index in [0.29, 0.717) is 0 Å². The molecule has 1 unspecified atom stereocenters. The first-order valence-corrected chi connectivity index (χ1v) is 6.68. The first kappa shape index (κ1) is 13.1. The highest BCUT2D eigenvalue weighted by Crippen LogP contribution is 2.33. The molecule has 2 rings (SSSR count). The molecule has 5 heteroatoms. The summed E-state index contributed by atoms with van der Waals surface area (Å²) in [6, 6.07) is 5.84. The van der Waals surface area contributed by atoms with Gasteiger partial charge in [0.15, 0.2) is 6.10 Å². The Hall–Kier alpha value is -1.36.